The molecule has 1 aromatic carbocycles. The largest absolute Gasteiger partial charge is 0.507 e. The number of phenolic OH excluding ortho intramolecular Hbond substituents is 1. The van der Waals surface area contributed by atoms with Crippen molar-refractivity contribution in [3.8, 4) is 5.75 Å². The number of hydrogen-bond acceptors (Lipinski definition) is 3. The van der Waals surface area contributed by atoms with E-state index in [1.807, 2.05) is 5.43 Å². The van der Waals surface area contributed by atoms with Crippen LogP contribution < -0.4 is 11.3 Å². The van der Waals surface area contributed by atoms with Crippen molar-refractivity contribution >= 4 is 12.0 Å². The van der Waals surface area contributed by atoms with Crippen LogP contribution in [0.5, 0.6) is 5.75 Å². The molecule has 0 spiro atoms. The third kappa shape index (κ3) is 2.61. The molecule has 4 heteroatoms. The number of rotatable bonds is 2. The Hall–Kier alpha value is -1.81. The van der Waals surface area contributed by atoms with Crippen LogP contribution in [-0.4, -0.2) is 11.0 Å². The van der Waals surface area contributed by atoms with Gasteiger partial charge in [-0.05, 0) is 12.1 Å². The first kappa shape index (κ1) is 9.28. The number of hydrogen-bond donors (Lipinski definition) is 3. The number of phenols is 1. The zero-order valence-electron chi connectivity index (χ0n) is 6.90. The van der Waals surface area contributed by atoms with E-state index in [4.69, 9.17) is 5.84 Å². The minimum Gasteiger partial charge on any atom is -0.507 e. The lowest BCUT2D eigenvalue weighted by molar-refractivity contribution is -0.116. The highest BCUT2D eigenvalue weighted by molar-refractivity contribution is 5.91. The highest BCUT2D eigenvalue weighted by atomic mass is 16.3. The summed E-state index contributed by atoms with van der Waals surface area (Å²) in [6.07, 6.45) is 2.73. The van der Waals surface area contributed by atoms with E-state index in [0.717, 1.165) is 0 Å². The predicted molar refractivity (Wildman–Crippen MR) is 49.5 cm³/mol. The molecule has 4 nitrogen and oxygen atoms in total. The van der Waals surface area contributed by atoms with Crippen LogP contribution in [-0.2, 0) is 4.79 Å². The fourth-order valence-electron chi connectivity index (χ4n) is 0.842. The van der Waals surface area contributed by atoms with Gasteiger partial charge in [0.2, 0.25) is 0 Å². The Balaban J connectivity index is 2.80. The van der Waals surface area contributed by atoms with E-state index in [1.165, 1.54) is 12.2 Å². The van der Waals surface area contributed by atoms with Crippen molar-refractivity contribution in [2.24, 2.45) is 5.84 Å². The normalized spacial score (nSPS) is 10.2. The number of benzene rings is 1. The van der Waals surface area contributed by atoms with Crippen LogP contribution in [0.2, 0.25) is 0 Å². The number of amides is 1. The molecule has 0 unspecified atom stereocenters. The Morgan fingerprint density at radius 2 is 2.15 bits per heavy atom. The standard InChI is InChI=1S/C9H10N2O2/c10-11-9(13)6-5-7-3-1-2-4-8(7)12/h1-6,12H,10H2,(H,11,13)/b6-5-. The fourth-order valence-corrected chi connectivity index (χ4v) is 0.842. The van der Waals surface area contributed by atoms with E-state index in [-0.39, 0.29) is 5.75 Å². The van der Waals surface area contributed by atoms with Gasteiger partial charge in [-0.3, -0.25) is 10.2 Å². The molecule has 1 rings (SSSR count). The first-order valence-electron chi connectivity index (χ1n) is 3.70. The fraction of sp³-hybridized carbons (Fsp3) is 0. The van der Waals surface area contributed by atoms with Crippen LogP contribution in [0, 0.1) is 0 Å². The first-order chi connectivity index (χ1) is 6.24. The summed E-state index contributed by atoms with van der Waals surface area (Å²) >= 11 is 0. The molecule has 0 fully saturated rings. The van der Waals surface area contributed by atoms with Crippen LogP contribution in [0.15, 0.2) is 30.3 Å². The molecule has 0 aliphatic heterocycles. The SMILES string of the molecule is NNC(=O)/C=C\c1ccccc1O. The van der Waals surface area contributed by atoms with E-state index in [9.17, 15) is 9.90 Å². The second-order valence-electron chi connectivity index (χ2n) is 2.40. The maximum atomic E-state index is 10.7. The van der Waals surface area contributed by atoms with Crippen molar-refractivity contribution in [3.05, 3.63) is 35.9 Å². The number of carbonyl (C=O) groups is 1. The molecule has 1 aromatic rings. The van der Waals surface area contributed by atoms with Crippen LogP contribution in [0.4, 0.5) is 0 Å². The molecule has 0 saturated heterocycles. The summed E-state index contributed by atoms with van der Waals surface area (Å²) in [5.74, 6) is 4.58. The van der Waals surface area contributed by atoms with Crippen LogP contribution in [0.1, 0.15) is 5.56 Å². The van der Waals surface area contributed by atoms with E-state index < -0.39 is 5.91 Å². The molecule has 0 heterocycles. The van der Waals surface area contributed by atoms with E-state index >= 15 is 0 Å². The zero-order chi connectivity index (χ0) is 9.68. The molecule has 0 atom stereocenters. The average Bonchev–Trinajstić information content (AvgIpc) is 2.16. The van der Waals surface area contributed by atoms with Gasteiger partial charge in [-0.1, -0.05) is 18.2 Å². The van der Waals surface area contributed by atoms with Crippen LogP contribution in [0.3, 0.4) is 0 Å². The van der Waals surface area contributed by atoms with Crippen molar-refractivity contribution in [3.63, 3.8) is 0 Å². The molecule has 68 valence electrons. The maximum Gasteiger partial charge on any atom is 0.257 e. The quantitative estimate of drug-likeness (QED) is 0.265. The lowest BCUT2D eigenvalue weighted by Gasteiger charge is -1.96. The summed E-state index contributed by atoms with van der Waals surface area (Å²) in [7, 11) is 0. The van der Waals surface area contributed by atoms with Crippen LogP contribution in [0.25, 0.3) is 6.08 Å². The van der Waals surface area contributed by atoms with E-state index in [2.05, 4.69) is 0 Å². The summed E-state index contributed by atoms with van der Waals surface area (Å²) in [6, 6.07) is 6.70. The Morgan fingerprint density at radius 1 is 1.46 bits per heavy atom. The minimum absolute atomic E-state index is 0.128. The molecule has 0 saturated carbocycles. The Bertz CT molecular complexity index is 334. The second kappa shape index (κ2) is 4.27. The van der Waals surface area contributed by atoms with Gasteiger partial charge in [0.1, 0.15) is 5.75 Å². The monoisotopic (exact) mass is 178 g/mol. The summed E-state index contributed by atoms with van der Waals surface area (Å²) in [4.78, 5) is 10.7. The number of carbonyl (C=O) groups excluding carboxylic acids is 1. The number of nitrogens with one attached hydrogen (secondary N) is 1. The maximum absolute atomic E-state index is 10.7. The van der Waals surface area contributed by atoms with E-state index in [0.29, 0.717) is 5.56 Å². The average molecular weight is 178 g/mol. The van der Waals surface area contributed by atoms with Crippen molar-refractivity contribution in [2.75, 3.05) is 0 Å². The van der Waals surface area contributed by atoms with Crippen molar-refractivity contribution in [1.29, 1.82) is 0 Å². The molecule has 0 aliphatic rings. The number of nitrogens with two attached hydrogens (primary N) is 1. The van der Waals surface area contributed by atoms with Gasteiger partial charge < -0.3 is 5.11 Å². The molecular weight excluding hydrogens is 168 g/mol. The first-order valence-corrected chi connectivity index (χ1v) is 3.70. The van der Waals surface area contributed by atoms with E-state index in [1.54, 1.807) is 24.3 Å². The molecule has 0 aromatic heterocycles. The van der Waals surface area contributed by atoms with Gasteiger partial charge in [-0.25, -0.2) is 5.84 Å². The molecule has 0 aliphatic carbocycles. The van der Waals surface area contributed by atoms with Gasteiger partial charge in [0, 0.05) is 11.6 Å². The predicted octanol–water partition coefficient (Wildman–Crippen LogP) is 0.395. The third-order valence-electron chi connectivity index (χ3n) is 1.49. The van der Waals surface area contributed by atoms with Crippen LogP contribution >= 0.6 is 0 Å². The highest BCUT2D eigenvalue weighted by Crippen LogP contribution is 2.16. The zero-order valence-corrected chi connectivity index (χ0v) is 6.90. The summed E-state index contributed by atoms with van der Waals surface area (Å²) < 4.78 is 0. The molecule has 0 radical (unpaired) electrons. The third-order valence-corrected chi connectivity index (χ3v) is 1.49. The second-order valence-corrected chi connectivity index (χ2v) is 2.40. The lowest BCUT2D eigenvalue weighted by Crippen LogP contribution is -2.27. The van der Waals surface area contributed by atoms with Gasteiger partial charge in [-0.2, -0.15) is 0 Å². The Morgan fingerprint density at radius 3 is 2.77 bits per heavy atom. The topological polar surface area (TPSA) is 75.3 Å². The van der Waals surface area contributed by atoms with Gasteiger partial charge in [-0.15, -0.1) is 0 Å². The summed E-state index contributed by atoms with van der Waals surface area (Å²) in [5, 5.41) is 9.28. The highest BCUT2D eigenvalue weighted by Gasteiger charge is 1.94. The van der Waals surface area contributed by atoms with Gasteiger partial charge in [0.25, 0.3) is 5.91 Å². The van der Waals surface area contributed by atoms with Gasteiger partial charge in [0.05, 0.1) is 0 Å². The molecule has 13 heavy (non-hydrogen) atoms. The summed E-state index contributed by atoms with van der Waals surface area (Å²) in [5.41, 5.74) is 2.52. The number of para-hydroxylation sites is 1. The van der Waals surface area contributed by atoms with Gasteiger partial charge >= 0.3 is 0 Å². The smallest absolute Gasteiger partial charge is 0.257 e. The molecule has 4 N–H and O–H groups in total. The molecular formula is C9H10N2O2. The van der Waals surface area contributed by atoms with Crippen molar-refractivity contribution < 1.29 is 9.90 Å². The van der Waals surface area contributed by atoms with Gasteiger partial charge in [0.15, 0.2) is 0 Å². The lowest BCUT2D eigenvalue weighted by atomic mass is 10.2. The number of hydrazine groups is 1. The molecule has 1 amide bonds. The Labute approximate surface area is 75.7 Å². The van der Waals surface area contributed by atoms with Crippen molar-refractivity contribution in [1.82, 2.24) is 5.43 Å². The minimum atomic E-state index is -0.414. The van der Waals surface area contributed by atoms with Crippen molar-refractivity contribution in [2.45, 2.75) is 0 Å². The summed E-state index contributed by atoms with van der Waals surface area (Å²) in [6.45, 7) is 0. The number of aromatic hydroxyl groups is 1. The molecule has 0 bridgehead atoms. The Kier molecular flexibility index (Phi) is 3.05.